The molecule has 1 atom stereocenters. The van der Waals surface area contributed by atoms with E-state index < -0.39 is 0 Å². The Morgan fingerprint density at radius 3 is 2.93 bits per heavy atom. The standard InChI is InChI=1S/C11H11FN2/c1-7(13)9-5-8-3-2-4-14-11(8)6-10(9)12/h2-7H,13H2,1H3/t7-/m0/s1. The molecule has 2 aromatic rings. The smallest absolute Gasteiger partial charge is 0.130 e. The fourth-order valence-electron chi connectivity index (χ4n) is 1.46. The van der Waals surface area contributed by atoms with Crippen molar-refractivity contribution in [3.63, 3.8) is 0 Å². The lowest BCUT2D eigenvalue weighted by molar-refractivity contribution is 0.595. The van der Waals surface area contributed by atoms with Gasteiger partial charge in [-0.25, -0.2) is 4.39 Å². The highest BCUT2D eigenvalue weighted by Crippen LogP contribution is 2.20. The summed E-state index contributed by atoms with van der Waals surface area (Å²) in [5.41, 5.74) is 6.84. The number of fused-ring (bicyclic) bond motifs is 1. The highest BCUT2D eigenvalue weighted by molar-refractivity contribution is 5.79. The van der Waals surface area contributed by atoms with E-state index in [0.717, 1.165) is 5.39 Å². The lowest BCUT2D eigenvalue weighted by atomic mass is 10.1. The normalized spacial score (nSPS) is 13.1. The van der Waals surface area contributed by atoms with Gasteiger partial charge in [0.25, 0.3) is 0 Å². The van der Waals surface area contributed by atoms with E-state index in [1.807, 2.05) is 12.1 Å². The number of benzene rings is 1. The van der Waals surface area contributed by atoms with E-state index in [0.29, 0.717) is 11.1 Å². The van der Waals surface area contributed by atoms with E-state index in [2.05, 4.69) is 4.98 Å². The van der Waals surface area contributed by atoms with E-state index in [4.69, 9.17) is 5.73 Å². The molecule has 0 spiro atoms. The summed E-state index contributed by atoms with van der Waals surface area (Å²) in [4.78, 5) is 4.06. The number of pyridine rings is 1. The minimum Gasteiger partial charge on any atom is -0.324 e. The number of nitrogens with two attached hydrogens (primary N) is 1. The van der Waals surface area contributed by atoms with E-state index in [1.165, 1.54) is 6.07 Å². The molecule has 0 radical (unpaired) electrons. The second kappa shape index (κ2) is 3.35. The van der Waals surface area contributed by atoms with E-state index in [-0.39, 0.29) is 11.9 Å². The lowest BCUT2D eigenvalue weighted by Crippen LogP contribution is -2.07. The summed E-state index contributed by atoms with van der Waals surface area (Å²) >= 11 is 0. The molecule has 0 fully saturated rings. The molecule has 2 N–H and O–H groups in total. The second-order valence-electron chi connectivity index (χ2n) is 3.36. The van der Waals surface area contributed by atoms with Gasteiger partial charge < -0.3 is 5.73 Å². The number of hydrogen-bond acceptors (Lipinski definition) is 2. The summed E-state index contributed by atoms with van der Waals surface area (Å²) in [5.74, 6) is -0.286. The van der Waals surface area contributed by atoms with Gasteiger partial charge in [-0.1, -0.05) is 6.07 Å². The van der Waals surface area contributed by atoms with Crippen LogP contribution in [0.3, 0.4) is 0 Å². The van der Waals surface area contributed by atoms with Gasteiger partial charge in [0.1, 0.15) is 5.82 Å². The molecule has 0 unspecified atom stereocenters. The Bertz CT molecular complexity index is 466. The van der Waals surface area contributed by atoms with Gasteiger partial charge in [-0.05, 0) is 19.1 Å². The third-order valence-electron chi connectivity index (χ3n) is 2.21. The van der Waals surface area contributed by atoms with Crippen LogP contribution in [0.1, 0.15) is 18.5 Å². The zero-order chi connectivity index (χ0) is 10.1. The van der Waals surface area contributed by atoms with Gasteiger partial charge in [-0.15, -0.1) is 0 Å². The number of rotatable bonds is 1. The summed E-state index contributed by atoms with van der Waals surface area (Å²) in [7, 11) is 0. The Balaban J connectivity index is 2.71. The number of aromatic nitrogens is 1. The summed E-state index contributed by atoms with van der Waals surface area (Å²) in [6, 6.07) is 6.61. The van der Waals surface area contributed by atoms with Crippen molar-refractivity contribution in [2.45, 2.75) is 13.0 Å². The molecule has 0 amide bonds. The van der Waals surface area contributed by atoms with Crippen LogP contribution in [0, 0.1) is 5.82 Å². The van der Waals surface area contributed by atoms with Crippen LogP contribution >= 0.6 is 0 Å². The number of halogens is 1. The number of nitrogens with zero attached hydrogens (tertiary/aromatic N) is 1. The molecule has 1 aromatic carbocycles. The maximum atomic E-state index is 13.5. The molecule has 2 rings (SSSR count). The van der Waals surface area contributed by atoms with Crippen LogP contribution in [-0.4, -0.2) is 4.98 Å². The van der Waals surface area contributed by atoms with Crippen molar-refractivity contribution in [3.05, 3.63) is 41.8 Å². The van der Waals surface area contributed by atoms with Crippen molar-refractivity contribution >= 4 is 10.9 Å². The van der Waals surface area contributed by atoms with Crippen LogP contribution < -0.4 is 5.73 Å². The average molecular weight is 190 g/mol. The molecule has 1 heterocycles. The molecule has 0 saturated carbocycles. The van der Waals surface area contributed by atoms with E-state index in [1.54, 1.807) is 19.2 Å². The first-order chi connectivity index (χ1) is 6.68. The maximum Gasteiger partial charge on any atom is 0.130 e. The highest BCUT2D eigenvalue weighted by Gasteiger charge is 2.08. The van der Waals surface area contributed by atoms with Crippen LogP contribution in [-0.2, 0) is 0 Å². The monoisotopic (exact) mass is 190 g/mol. The Hall–Kier alpha value is -1.48. The Morgan fingerprint density at radius 2 is 2.21 bits per heavy atom. The topological polar surface area (TPSA) is 38.9 Å². The molecule has 0 saturated heterocycles. The van der Waals surface area contributed by atoms with Crippen LogP contribution in [0.15, 0.2) is 30.5 Å². The second-order valence-corrected chi connectivity index (χ2v) is 3.36. The molecule has 72 valence electrons. The molecule has 0 aliphatic heterocycles. The van der Waals surface area contributed by atoms with Crippen LogP contribution in [0.25, 0.3) is 10.9 Å². The fraction of sp³-hybridized carbons (Fsp3) is 0.182. The van der Waals surface area contributed by atoms with Gasteiger partial charge in [-0.3, -0.25) is 4.98 Å². The molecule has 0 aliphatic carbocycles. The largest absolute Gasteiger partial charge is 0.324 e. The quantitative estimate of drug-likeness (QED) is 0.749. The Kier molecular flexibility index (Phi) is 2.17. The molecule has 1 aromatic heterocycles. The van der Waals surface area contributed by atoms with Crippen molar-refractivity contribution in [2.75, 3.05) is 0 Å². The maximum absolute atomic E-state index is 13.5. The first kappa shape index (κ1) is 9.09. The minimum absolute atomic E-state index is 0.286. The predicted molar refractivity (Wildman–Crippen MR) is 54.3 cm³/mol. The van der Waals surface area contributed by atoms with Gasteiger partial charge in [-0.2, -0.15) is 0 Å². The van der Waals surface area contributed by atoms with Crippen LogP contribution in [0.4, 0.5) is 4.39 Å². The third kappa shape index (κ3) is 1.46. The van der Waals surface area contributed by atoms with Crippen molar-refractivity contribution in [1.29, 1.82) is 0 Å². The first-order valence-corrected chi connectivity index (χ1v) is 4.48. The predicted octanol–water partition coefficient (Wildman–Crippen LogP) is 2.39. The molecular weight excluding hydrogens is 179 g/mol. The van der Waals surface area contributed by atoms with Crippen LogP contribution in [0.5, 0.6) is 0 Å². The van der Waals surface area contributed by atoms with Gasteiger partial charge >= 0.3 is 0 Å². The SMILES string of the molecule is C[C@H](N)c1cc2cccnc2cc1F. The van der Waals surface area contributed by atoms with Gasteiger partial charge in [0.15, 0.2) is 0 Å². The Labute approximate surface area is 81.6 Å². The third-order valence-corrected chi connectivity index (χ3v) is 2.21. The molecule has 2 nitrogen and oxygen atoms in total. The summed E-state index contributed by atoms with van der Waals surface area (Å²) in [5, 5.41) is 0.918. The fourth-order valence-corrected chi connectivity index (χ4v) is 1.46. The van der Waals surface area contributed by atoms with Crippen molar-refractivity contribution < 1.29 is 4.39 Å². The molecule has 14 heavy (non-hydrogen) atoms. The van der Waals surface area contributed by atoms with Gasteiger partial charge in [0.05, 0.1) is 5.52 Å². The zero-order valence-electron chi connectivity index (χ0n) is 7.87. The van der Waals surface area contributed by atoms with Gasteiger partial charge in [0, 0.05) is 29.3 Å². The molecule has 0 aliphatic rings. The van der Waals surface area contributed by atoms with Crippen molar-refractivity contribution in [2.24, 2.45) is 5.73 Å². The molecular formula is C11H11FN2. The lowest BCUT2D eigenvalue weighted by Gasteiger charge is -2.08. The van der Waals surface area contributed by atoms with Crippen molar-refractivity contribution in [1.82, 2.24) is 4.98 Å². The summed E-state index contributed by atoms with van der Waals surface area (Å²) in [6.07, 6.45) is 1.65. The van der Waals surface area contributed by atoms with Crippen molar-refractivity contribution in [3.8, 4) is 0 Å². The highest BCUT2D eigenvalue weighted by atomic mass is 19.1. The number of hydrogen-bond donors (Lipinski definition) is 1. The average Bonchev–Trinajstić information content (AvgIpc) is 2.16. The Morgan fingerprint density at radius 1 is 1.43 bits per heavy atom. The van der Waals surface area contributed by atoms with E-state index >= 15 is 0 Å². The summed E-state index contributed by atoms with van der Waals surface area (Å²) < 4.78 is 13.5. The summed E-state index contributed by atoms with van der Waals surface area (Å²) in [6.45, 7) is 1.76. The first-order valence-electron chi connectivity index (χ1n) is 4.48. The minimum atomic E-state index is -0.292. The zero-order valence-corrected chi connectivity index (χ0v) is 7.87. The van der Waals surface area contributed by atoms with Crippen LogP contribution in [0.2, 0.25) is 0 Å². The van der Waals surface area contributed by atoms with E-state index in [9.17, 15) is 4.39 Å². The molecule has 3 heteroatoms. The van der Waals surface area contributed by atoms with Gasteiger partial charge in [0.2, 0.25) is 0 Å². The molecule has 0 bridgehead atoms.